The molecular weight excluding hydrogens is 138 g/mol. The number of rotatable bonds is 3. The van der Waals surface area contributed by atoms with E-state index in [4.69, 9.17) is 5.73 Å². The molecule has 1 aliphatic rings. The van der Waals surface area contributed by atoms with Gasteiger partial charge < -0.3 is 10.8 Å². The fraction of sp³-hybridized carbons (Fsp3) is 1.00. The zero-order chi connectivity index (χ0) is 8.48. The van der Waals surface area contributed by atoms with Crippen LogP contribution in [0.25, 0.3) is 0 Å². The van der Waals surface area contributed by atoms with Gasteiger partial charge in [0.2, 0.25) is 0 Å². The van der Waals surface area contributed by atoms with Gasteiger partial charge in [-0.15, -0.1) is 0 Å². The highest BCUT2D eigenvalue weighted by atomic mass is 16.3. The third-order valence-corrected chi connectivity index (χ3v) is 2.63. The van der Waals surface area contributed by atoms with Gasteiger partial charge in [-0.05, 0) is 31.6 Å². The Morgan fingerprint density at radius 1 is 1.45 bits per heavy atom. The first kappa shape index (κ1) is 9.01. The molecule has 0 amide bonds. The maximum atomic E-state index is 9.80. The normalized spacial score (nSPS) is 24.8. The summed E-state index contributed by atoms with van der Waals surface area (Å²) in [7, 11) is 0. The molecule has 2 nitrogen and oxygen atoms in total. The maximum absolute atomic E-state index is 9.80. The molecule has 66 valence electrons. The molecule has 0 aromatic carbocycles. The van der Waals surface area contributed by atoms with Crippen LogP contribution in [0, 0.1) is 5.92 Å². The van der Waals surface area contributed by atoms with E-state index < -0.39 is 5.60 Å². The topological polar surface area (TPSA) is 46.2 Å². The quantitative estimate of drug-likeness (QED) is 0.648. The van der Waals surface area contributed by atoms with E-state index in [1.807, 2.05) is 0 Å². The van der Waals surface area contributed by atoms with E-state index in [0.717, 1.165) is 25.7 Å². The Kier molecular flexibility index (Phi) is 2.55. The molecule has 1 fully saturated rings. The molecule has 1 saturated carbocycles. The molecule has 0 aromatic rings. The molecule has 1 atom stereocenters. The predicted octanol–water partition coefficient (Wildman–Crippen LogP) is 1.27. The van der Waals surface area contributed by atoms with Crippen LogP contribution in [-0.2, 0) is 0 Å². The van der Waals surface area contributed by atoms with Gasteiger partial charge in [0.25, 0.3) is 0 Å². The van der Waals surface area contributed by atoms with Crippen LogP contribution in [0.4, 0.5) is 0 Å². The third-order valence-electron chi connectivity index (χ3n) is 2.63. The van der Waals surface area contributed by atoms with Crippen molar-refractivity contribution >= 4 is 0 Å². The Bertz CT molecular complexity index is 130. The molecule has 3 N–H and O–H groups in total. The van der Waals surface area contributed by atoms with E-state index in [0.29, 0.717) is 5.92 Å². The third kappa shape index (κ3) is 1.94. The lowest BCUT2D eigenvalue weighted by Gasteiger charge is -2.42. The van der Waals surface area contributed by atoms with Crippen molar-refractivity contribution in [2.24, 2.45) is 11.7 Å². The van der Waals surface area contributed by atoms with Crippen molar-refractivity contribution in [2.75, 3.05) is 0 Å². The molecule has 0 saturated heterocycles. The average molecular weight is 157 g/mol. The van der Waals surface area contributed by atoms with E-state index in [2.05, 4.69) is 13.8 Å². The van der Waals surface area contributed by atoms with Gasteiger partial charge in [-0.1, -0.05) is 13.8 Å². The molecule has 0 heterocycles. The largest absolute Gasteiger partial charge is 0.388 e. The second kappa shape index (κ2) is 3.11. The first-order valence-electron chi connectivity index (χ1n) is 4.52. The number of hydrogen-bond acceptors (Lipinski definition) is 2. The molecular formula is C9H19NO. The summed E-state index contributed by atoms with van der Waals surface area (Å²) in [6.45, 7) is 4.28. The molecule has 0 spiro atoms. The number of hydrogen-bond donors (Lipinski definition) is 2. The highest BCUT2D eigenvalue weighted by molar-refractivity contribution is 4.96. The number of aliphatic hydroxyl groups is 1. The van der Waals surface area contributed by atoms with Crippen LogP contribution in [0.1, 0.15) is 39.5 Å². The van der Waals surface area contributed by atoms with Crippen LogP contribution in [0.5, 0.6) is 0 Å². The number of nitrogens with two attached hydrogens (primary N) is 1. The minimum absolute atomic E-state index is 0.00347. The summed E-state index contributed by atoms with van der Waals surface area (Å²) in [6.07, 6.45) is 3.89. The standard InChI is InChI=1S/C9H19NO/c1-7(2)6-8(10)9(11)4-3-5-9/h7-8,11H,3-6,10H2,1-2H3/t8-/m1/s1. The van der Waals surface area contributed by atoms with Gasteiger partial charge in [-0.3, -0.25) is 0 Å². The van der Waals surface area contributed by atoms with Crippen molar-refractivity contribution in [3.8, 4) is 0 Å². The Morgan fingerprint density at radius 2 is 2.00 bits per heavy atom. The Labute approximate surface area is 68.8 Å². The zero-order valence-corrected chi connectivity index (χ0v) is 7.51. The fourth-order valence-electron chi connectivity index (χ4n) is 1.64. The van der Waals surface area contributed by atoms with Gasteiger partial charge in [-0.25, -0.2) is 0 Å². The molecule has 1 rings (SSSR count). The van der Waals surface area contributed by atoms with Crippen molar-refractivity contribution in [3.05, 3.63) is 0 Å². The van der Waals surface area contributed by atoms with Crippen LogP contribution in [0.2, 0.25) is 0 Å². The molecule has 0 aliphatic heterocycles. The van der Waals surface area contributed by atoms with Gasteiger partial charge in [0.15, 0.2) is 0 Å². The monoisotopic (exact) mass is 157 g/mol. The average Bonchev–Trinajstić information content (AvgIpc) is 1.81. The summed E-state index contributed by atoms with van der Waals surface area (Å²) >= 11 is 0. The summed E-state index contributed by atoms with van der Waals surface area (Å²) in [6, 6.07) is -0.00347. The molecule has 11 heavy (non-hydrogen) atoms. The lowest BCUT2D eigenvalue weighted by atomic mass is 9.73. The van der Waals surface area contributed by atoms with E-state index in [-0.39, 0.29) is 6.04 Å². The summed E-state index contributed by atoms with van der Waals surface area (Å²) in [5, 5.41) is 9.80. The summed E-state index contributed by atoms with van der Waals surface area (Å²) in [5.74, 6) is 0.592. The minimum Gasteiger partial charge on any atom is -0.388 e. The van der Waals surface area contributed by atoms with E-state index >= 15 is 0 Å². The smallest absolute Gasteiger partial charge is 0.0798 e. The Hall–Kier alpha value is -0.0800. The second-order valence-corrected chi connectivity index (χ2v) is 4.19. The van der Waals surface area contributed by atoms with Crippen molar-refractivity contribution in [1.82, 2.24) is 0 Å². The van der Waals surface area contributed by atoms with Gasteiger partial charge in [0.1, 0.15) is 0 Å². The van der Waals surface area contributed by atoms with Gasteiger partial charge in [0.05, 0.1) is 5.60 Å². The zero-order valence-electron chi connectivity index (χ0n) is 7.51. The molecule has 0 aromatic heterocycles. The minimum atomic E-state index is -0.510. The first-order valence-corrected chi connectivity index (χ1v) is 4.52. The second-order valence-electron chi connectivity index (χ2n) is 4.19. The lowest BCUT2D eigenvalue weighted by Crippen LogP contribution is -2.53. The predicted molar refractivity (Wildman–Crippen MR) is 46.2 cm³/mol. The summed E-state index contributed by atoms with van der Waals surface area (Å²) < 4.78 is 0. The molecule has 0 radical (unpaired) electrons. The van der Waals surface area contributed by atoms with E-state index in [1.165, 1.54) is 0 Å². The van der Waals surface area contributed by atoms with Crippen LogP contribution in [0.15, 0.2) is 0 Å². The van der Waals surface area contributed by atoms with E-state index in [1.54, 1.807) is 0 Å². The van der Waals surface area contributed by atoms with Crippen LogP contribution < -0.4 is 5.73 Å². The maximum Gasteiger partial charge on any atom is 0.0798 e. The lowest BCUT2D eigenvalue weighted by molar-refractivity contribution is -0.0592. The van der Waals surface area contributed by atoms with Gasteiger partial charge >= 0.3 is 0 Å². The Morgan fingerprint density at radius 3 is 2.27 bits per heavy atom. The first-order chi connectivity index (χ1) is 5.04. The van der Waals surface area contributed by atoms with Crippen LogP contribution in [0.3, 0.4) is 0 Å². The highest BCUT2D eigenvalue weighted by Crippen LogP contribution is 2.35. The van der Waals surface area contributed by atoms with Crippen molar-refractivity contribution in [1.29, 1.82) is 0 Å². The highest BCUT2D eigenvalue weighted by Gasteiger charge is 2.40. The molecule has 2 heteroatoms. The van der Waals surface area contributed by atoms with Crippen molar-refractivity contribution < 1.29 is 5.11 Å². The molecule has 0 unspecified atom stereocenters. The Balaban J connectivity index is 2.34. The summed E-state index contributed by atoms with van der Waals surface area (Å²) in [5.41, 5.74) is 5.35. The van der Waals surface area contributed by atoms with Gasteiger partial charge in [-0.2, -0.15) is 0 Å². The molecule has 0 bridgehead atoms. The summed E-state index contributed by atoms with van der Waals surface area (Å²) in [4.78, 5) is 0. The fourth-order valence-corrected chi connectivity index (χ4v) is 1.64. The molecule has 1 aliphatic carbocycles. The van der Waals surface area contributed by atoms with E-state index in [9.17, 15) is 5.11 Å². The van der Waals surface area contributed by atoms with Gasteiger partial charge in [0, 0.05) is 6.04 Å². The van der Waals surface area contributed by atoms with Crippen LogP contribution in [-0.4, -0.2) is 16.7 Å². The SMILES string of the molecule is CC(C)C[C@@H](N)C1(O)CCC1. The van der Waals surface area contributed by atoms with Crippen molar-refractivity contribution in [2.45, 2.75) is 51.2 Å². The van der Waals surface area contributed by atoms with Crippen LogP contribution >= 0.6 is 0 Å². The van der Waals surface area contributed by atoms with Crippen molar-refractivity contribution in [3.63, 3.8) is 0 Å².